The molecule has 0 aliphatic carbocycles. The van der Waals surface area contributed by atoms with E-state index in [1.165, 1.54) is 0 Å². The van der Waals surface area contributed by atoms with Crippen molar-refractivity contribution >= 4 is 21.9 Å². The quantitative estimate of drug-likeness (QED) is 0.659. The average molecular weight is 242 g/mol. The summed E-state index contributed by atoms with van der Waals surface area (Å²) in [6.07, 6.45) is 1.72. The van der Waals surface area contributed by atoms with Crippen LogP contribution in [-0.2, 0) is 5.41 Å². The molecule has 0 bridgehead atoms. The Morgan fingerprint density at radius 3 is 2.72 bits per heavy atom. The summed E-state index contributed by atoms with van der Waals surface area (Å²) in [6, 6.07) is 5.87. The molecule has 4 nitrogen and oxygen atoms in total. The zero-order valence-corrected chi connectivity index (χ0v) is 10.6. The minimum Gasteiger partial charge on any atom is -0.407 e. The molecule has 0 aliphatic rings. The van der Waals surface area contributed by atoms with Gasteiger partial charge in [-0.25, -0.2) is 4.79 Å². The van der Waals surface area contributed by atoms with Gasteiger partial charge in [0.2, 0.25) is 0 Å². The molecule has 0 saturated carbocycles. The number of aromatic amines is 1. The average Bonchev–Trinajstić information content (AvgIpc) is 2.74. The highest BCUT2D eigenvalue weighted by molar-refractivity contribution is 6.02. The molecular weight excluding hydrogens is 228 g/mol. The van der Waals surface area contributed by atoms with Crippen LogP contribution in [0.15, 0.2) is 33.6 Å². The van der Waals surface area contributed by atoms with Crippen molar-refractivity contribution in [1.29, 1.82) is 0 Å². The highest BCUT2D eigenvalue weighted by atomic mass is 16.4. The number of fused-ring (bicyclic) bond motifs is 3. The van der Waals surface area contributed by atoms with E-state index < -0.39 is 5.76 Å². The molecular formula is C14H14N2O2. The third kappa shape index (κ3) is 1.53. The van der Waals surface area contributed by atoms with Gasteiger partial charge in [-0.1, -0.05) is 26.8 Å². The zero-order chi connectivity index (χ0) is 12.9. The van der Waals surface area contributed by atoms with E-state index in [4.69, 9.17) is 4.42 Å². The van der Waals surface area contributed by atoms with Gasteiger partial charge in [-0.2, -0.15) is 0 Å². The van der Waals surface area contributed by atoms with E-state index in [0.29, 0.717) is 5.58 Å². The number of nitrogens with zero attached hydrogens (tertiary/aromatic N) is 1. The molecule has 0 atom stereocenters. The number of benzene rings is 1. The van der Waals surface area contributed by atoms with Crippen LogP contribution < -0.4 is 5.76 Å². The van der Waals surface area contributed by atoms with Gasteiger partial charge < -0.3 is 4.42 Å². The highest BCUT2D eigenvalue weighted by Crippen LogP contribution is 2.30. The van der Waals surface area contributed by atoms with Crippen LogP contribution in [0.3, 0.4) is 0 Å². The molecule has 18 heavy (non-hydrogen) atoms. The molecule has 0 amide bonds. The molecule has 1 aromatic carbocycles. The maximum atomic E-state index is 11.7. The number of H-pyrrole nitrogens is 1. The van der Waals surface area contributed by atoms with E-state index in [9.17, 15) is 4.79 Å². The van der Waals surface area contributed by atoms with E-state index in [-0.39, 0.29) is 5.41 Å². The van der Waals surface area contributed by atoms with Crippen LogP contribution in [0.2, 0.25) is 0 Å². The fourth-order valence-corrected chi connectivity index (χ4v) is 2.23. The predicted molar refractivity (Wildman–Crippen MR) is 70.8 cm³/mol. The molecule has 2 aromatic heterocycles. The summed E-state index contributed by atoms with van der Waals surface area (Å²) in [6.45, 7) is 6.17. The molecule has 1 N–H and O–H groups in total. The SMILES string of the molecule is CC(C)(C)c1[nH]c(=O)oc2c1ccc1ccnc12. The normalized spacial score (nSPS) is 12.4. The van der Waals surface area contributed by atoms with Gasteiger partial charge in [0.25, 0.3) is 0 Å². The number of aromatic nitrogens is 2. The van der Waals surface area contributed by atoms with Crippen molar-refractivity contribution in [3.63, 3.8) is 0 Å². The van der Waals surface area contributed by atoms with Crippen LogP contribution in [0.4, 0.5) is 0 Å². The fraction of sp³-hybridized carbons (Fsp3) is 0.286. The van der Waals surface area contributed by atoms with Gasteiger partial charge in [-0.05, 0) is 12.1 Å². The molecule has 0 fully saturated rings. The summed E-state index contributed by atoms with van der Waals surface area (Å²) in [5, 5.41) is 1.89. The van der Waals surface area contributed by atoms with Crippen LogP contribution in [0.1, 0.15) is 26.5 Å². The zero-order valence-electron chi connectivity index (χ0n) is 10.6. The highest BCUT2D eigenvalue weighted by Gasteiger charge is 2.20. The smallest absolute Gasteiger partial charge is 0.407 e. The monoisotopic (exact) mass is 242 g/mol. The Hall–Kier alpha value is -2.10. The van der Waals surface area contributed by atoms with Crippen molar-refractivity contribution in [2.24, 2.45) is 0 Å². The van der Waals surface area contributed by atoms with Crippen molar-refractivity contribution in [3.05, 3.63) is 40.6 Å². The van der Waals surface area contributed by atoms with E-state index in [1.54, 1.807) is 6.20 Å². The molecule has 3 aromatic rings. The molecule has 92 valence electrons. The third-order valence-electron chi connectivity index (χ3n) is 3.06. The minimum absolute atomic E-state index is 0.158. The largest absolute Gasteiger partial charge is 0.416 e. The van der Waals surface area contributed by atoms with Gasteiger partial charge >= 0.3 is 5.76 Å². The summed E-state index contributed by atoms with van der Waals surface area (Å²) in [5.41, 5.74) is 2.02. The van der Waals surface area contributed by atoms with Gasteiger partial charge in [-0.15, -0.1) is 0 Å². The Morgan fingerprint density at radius 2 is 2.00 bits per heavy atom. The van der Waals surface area contributed by atoms with Crippen molar-refractivity contribution in [2.75, 3.05) is 0 Å². The first-order chi connectivity index (χ1) is 8.47. The lowest BCUT2D eigenvalue weighted by atomic mass is 9.89. The second-order valence-electron chi connectivity index (χ2n) is 5.46. The third-order valence-corrected chi connectivity index (χ3v) is 3.06. The minimum atomic E-state index is -0.442. The first-order valence-electron chi connectivity index (χ1n) is 5.88. The van der Waals surface area contributed by atoms with Crippen LogP contribution in [-0.4, -0.2) is 9.97 Å². The van der Waals surface area contributed by atoms with E-state index in [2.05, 4.69) is 30.7 Å². The number of nitrogens with one attached hydrogen (secondary N) is 1. The molecule has 4 heteroatoms. The molecule has 0 saturated heterocycles. The number of hydrogen-bond donors (Lipinski definition) is 1. The molecule has 3 rings (SSSR count). The Kier molecular flexibility index (Phi) is 2.11. The summed E-state index contributed by atoms with van der Waals surface area (Å²) in [7, 11) is 0. The summed E-state index contributed by atoms with van der Waals surface area (Å²) in [4.78, 5) is 18.7. The topological polar surface area (TPSA) is 58.9 Å². The van der Waals surface area contributed by atoms with Crippen molar-refractivity contribution in [2.45, 2.75) is 26.2 Å². The second kappa shape index (κ2) is 3.45. The van der Waals surface area contributed by atoms with Crippen LogP contribution in [0, 0.1) is 0 Å². The van der Waals surface area contributed by atoms with Gasteiger partial charge in [-0.3, -0.25) is 9.97 Å². The summed E-state index contributed by atoms with van der Waals surface area (Å²) < 4.78 is 5.30. The predicted octanol–water partition coefficient (Wildman–Crippen LogP) is 2.97. The molecule has 0 radical (unpaired) electrons. The molecule has 0 unspecified atom stereocenters. The van der Waals surface area contributed by atoms with Gasteiger partial charge in [0.15, 0.2) is 5.58 Å². The lowest BCUT2D eigenvalue weighted by Gasteiger charge is -2.19. The van der Waals surface area contributed by atoms with E-state index in [0.717, 1.165) is 22.0 Å². The van der Waals surface area contributed by atoms with Crippen LogP contribution in [0.25, 0.3) is 21.9 Å². The number of rotatable bonds is 0. The first-order valence-corrected chi connectivity index (χ1v) is 5.88. The first kappa shape index (κ1) is 11.0. The van der Waals surface area contributed by atoms with E-state index >= 15 is 0 Å². The Bertz CT molecular complexity index is 791. The van der Waals surface area contributed by atoms with Crippen LogP contribution >= 0.6 is 0 Å². The lowest BCUT2D eigenvalue weighted by molar-refractivity contribution is 0.500. The molecule has 2 heterocycles. The Morgan fingerprint density at radius 1 is 1.22 bits per heavy atom. The maximum Gasteiger partial charge on any atom is 0.416 e. The number of hydrogen-bond acceptors (Lipinski definition) is 3. The van der Waals surface area contributed by atoms with Gasteiger partial charge in [0, 0.05) is 28.1 Å². The van der Waals surface area contributed by atoms with Crippen molar-refractivity contribution in [1.82, 2.24) is 9.97 Å². The fourth-order valence-electron chi connectivity index (χ4n) is 2.23. The lowest BCUT2D eigenvalue weighted by Crippen LogP contribution is -2.19. The standard InChI is InChI=1S/C14H14N2O2/c1-14(2,3)12-9-5-4-8-6-7-15-10(8)11(9)18-13(17)16-12/h4-7H,1-3H3,(H,16,17). The summed E-state index contributed by atoms with van der Waals surface area (Å²) in [5.74, 6) is -0.442. The summed E-state index contributed by atoms with van der Waals surface area (Å²) >= 11 is 0. The van der Waals surface area contributed by atoms with Crippen molar-refractivity contribution < 1.29 is 4.42 Å². The Labute approximate surface area is 104 Å². The van der Waals surface area contributed by atoms with Crippen molar-refractivity contribution in [3.8, 4) is 0 Å². The van der Waals surface area contributed by atoms with Crippen LogP contribution in [0.5, 0.6) is 0 Å². The maximum absolute atomic E-state index is 11.7. The van der Waals surface area contributed by atoms with Gasteiger partial charge in [0.05, 0.1) is 0 Å². The second-order valence-corrected chi connectivity index (χ2v) is 5.46. The van der Waals surface area contributed by atoms with E-state index in [1.807, 2.05) is 18.2 Å². The Balaban J connectivity index is 2.56. The molecule has 0 aliphatic heterocycles. The molecule has 0 spiro atoms. The van der Waals surface area contributed by atoms with Gasteiger partial charge in [0.1, 0.15) is 5.52 Å².